The number of hydrogen-bond donors (Lipinski definition) is 3. The van der Waals surface area contributed by atoms with Crippen molar-refractivity contribution in [2.75, 3.05) is 24.3 Å². The molecule has 2 aromatic rings. The van der Waals surface area contributed by atoms with Crippen molar-refractivity contribution >= 4 is 11.8 Å². The van der Waals surface area contributed by atoms with Crippen LogP contribution in [-0.4, -0.2) is 51.0 Å². The Morgan fingerprint density at radius 2 is 2.26 bits per heavy atom. The SMILES string of the molecule is COCc1noc(CCNc2ncc(C#N)c(N[C@@H]3C[C@H](O)C3(C)C)n2)n1. The number of nitrogens with zero attached hydrogens (tertiary/aromatic N) is 5. The molecule has 0 radical (unpaired) electrons. The maximum absolute atomic E-state index is 9.89. The topological polar surface area (TPSA) is 142 Å². The minimum Gasteiger partial charge on any atom is -0.392 e. The first-order valence-electron chi connectivity index (χ1n) is 8.70. The third kappa shape index (κ3) is 4.15. The van der Waals surface area contributed by atoms with E-state index in [1.54, 1.807) is 7.11 Å². The Labute approximate surface area is 157 Å². The molecule has 27 heavy (non-hydrogen) atoms. The number of nitrogens with one attached hydrogen (secondary N) is 2. The highest BCUT2D eigenvalue weighted by Gasteiger charge is 2.47. The lowest BCUT2D eigenvalue weighted by Crippen LogP contribution is -2.57. The van der Waals surface area contributed by atoms with E-state index < -0.39 is 0 Å². The molecule has 2 heterocycles. The van der Waals surface area contributed by atoms with E-state index in [9.17, 15) is 10.4 Å². The summed E-state index contributed by atoms with van der Waals surface area (Å²) in [4.78, 5) is 12.7. The van der Waals surface area contributed by atoms with Gasteiger partial charge in [-0.25, -0.2) is 4.98 Å². The van der Waals surface area contributed by atoms with Gasteiger partial charge in [0.05, 0.1) is 12.3 Å². The van der Waals surface area contributed by atoms with Crippen molar-refractivity contribution in [3.8, 4) is 6.07 Å². The fourth-order valence-corrected chi connectivity index (χ4v) is 2.83. The second kappa shape index (κ2) is 7.85. The lowest BCUT2D eigenvalue weighted by atomic mass is 9.64. The Hall–Kier alpha value is -2.77. The second-order valence-corrected chi connectivity index (χ2v) is 7.05. The Morgan fingerprint density at radius 1 is 1.44 bits per heavy atom. The van der Waals surface area contributed by atoms with Crippen LogP contribution in [0.5, 0.6) is 0 Å². The quantitative estimate of drug-likeness (QED) is 0.615. The van der Waals surface area contributed by atoms with E-state index in [4.69, 9.17) is 9.26 Å². The molecule has 3 rings (SSSR count). The summed E-state index contributed by atoms with van der Waals surface area (Å²) in [5, 5.41) is 29.3. The number of aliphatic hydroxyl groups excluding tert-OH is 1. The van der Waals surface area contributed by atoms with Gasteiger partial charge in [0.15, 0.2) is 5.82 Å². The normalized spacial score (nSPS) is 20.6. The summed E-state index contributed by atoms with van der Waals surface area (Å²) in [6.07, 6.45) is 2.23. The number of methoxy groups -OCH3 is 1. The van der Waals surface area contributed by atoms with Gasteiger partial charge in [0.2, 0.25) is 11.8 Å². The third-order valence-corrected chi connectivity index (χ3v) is 4.84. The molecule has 10 nitrogen and oxygen atoms in total. The zero-order valence-corrected chi connectivity index (χ0v) is 15.6. The van der Waals surface area contributed by atoms with Crippen molar-refractivity contribution in [2.24, 2.45) is 5.41 Å². The van der Waals surface area contributed by atoms with Gasteiger partial charge in [-0.2, -0.15) is 15.2 Å². The van der Waals surface area contributed by atoms with Gasteiger partial charge < -0.3 is 25.0 Å². The molecule has 0 bridgehead atoms. The molecule has 0 amide bonds. The lowest BCUT2D eigenvalue weighted by Gasteiger charge is -2.49. The molecule has 1 aliphatic carbocycles. The van der Waals surface area contributed by atoms with Crippen LogP contribution in [-0.2, 0) is 17.8 Å². The predicted octanol–water partition coefficient (Wildman–Crippen LogP) is 1.10. The van der Waals surface area contributed by atoms with Crippen molar-refractivity contribution < 1.29 is 14.4 Å². The maximum Gasteiger partial charge on any atom is 0.228 e. The Kier molecular flexibility index (Phi) is 5.53. The van der Waals surface area contributed by atoms with Gasteiger partial charge in [0, 0.05) is 31.5 Å². The third-order valence-electron chi connectivity index (χ3n) is 4.84. The first-order chi connectivity index (χ1) is 12.9. The van der Waals surface area contributed by atoms with Crippen LogP contribution in [0.1, 0.15) is 37.5 Å². The van der Waals surface area contributed by atoms with E-state index >= 15 is 0 Å². The van der Waals surface area contributed by atoms with E-state index in [1.807, 2.05) is 13.8 Å². The average molecular weight is 373 g/mol. The van der Waals surface area contributed by atoms with Crippen LogP contribution >= 0.6 is 0 Å². The largest absolute Gasteiger partial charge is 0.392 e. The van der Waals surface area contributed by atoms with E-state index in [0.717, 1.165) is 0 Å². The molecule has 0 aromatic carbocycles. The van der Waals surface area contributed by atoms with Gasteiger partial charge in [-0.3, -0.25) is 0 Å². The van der Waals surface area contributed by atoms with Crippen LogP contribution in [0.2, 0.25) is 0 Å². The van der Waals surface area contributed by atoms with Crippen LogP contribution < -0.4 is 10.6 Å². The van der Waals surface area contributed by atoms with Gasteiger partial charge in [-0.15, -0.1) is 0 Å². The summed E-state index contributed by atoms with van der Waals surface area (Å²) >= 11 is 0. The van der Waals surface area contributed by atoms with Gasteiger partial charge in [0.1, 0.15) is 24.1 Å². The van der Waals surface area contributed by atoms with E-state index in [-0.39, 0.29) is 17.6 Å². The Morgan fingerprint density at radius 3 is 2.93 bits per heavy atom. The molecule has 144 valence electrons. The summed E-state index contributed by atoms with van der Waals surface area (Å²) in [7, 11) is 1.57. The molecule has 0 unspecified atom stereocenters. The number of aliphatic hydroxyl groups is 1. The zero-order chi connectivity index (χ0) is 19.4. The summed E-state index contributed by atoms with van der Waals surface area (Å²) < 4.78 is 10.1. The van der Waals surface area contributed by atoms with Crippen LogP contribution in [0.15, 0.2) is 10.7 Å². The number of anilines is 2. The van der Waals surface area contributed by atoms with Crippen molar-refractivity contribution in [2.45, 2.75) is 45.4 Å². The number of hydrogen-bond acceptors (Lipinski definition) is 10. The van der Waals surface area contributed by atoms with Crippen LogP contribution in [0, 0.1) is 16.7 Å². The molecule has 0 saturated heterocycles. The van der Waals surface area contributed by atoms with Gasteiger partial charge in [-0.05, 0) is 6.42 Å². The van der Waals surface area contributed by atoms with E-state index in [2.05, 4.69) is 36.8 Å². The van der Waals surface area contributed by atoms with E-state index in [1.165, 1.54) is 6.20 Å². The second-order valence-electron chi connectivity index (χ2n) is 7.05. The summed E-state index contributed by atoms with van der Waals surface area (Å²) in [6.45, 7) is 4.76. The van der Waals surface area contributed by atoms with E-state index in [0.29, 0.717) is 55.0 Å². The fourth-order valence-electron chi connectivity index (χ4n) is 2.83. The van der Waals surface area contributed by atoms with Crippen molar-refractivity contribution in [1.82, 2.24) is 20.1 Å². The standard InChI is InChI=1S/C17H23N7O3/c1-17(2)11(6-12(17)25)21-15-10(7-18)8-20-16(23-15)19-5-4-14-22-13(9-26-3)24-27-14/h8,11-12,25H,4-6,9H2,1-3H3,(H2,19,20,21,23)/t11-,12+/m1/s1. The molecule has 2 aromatic heterocycles. The highest BCUT2D eigenvalue weighted by atomic mass is 16.5. The van der Waals surface area contributed by atoms with Crippen molar-refractivity contribution in [1.29, 1.82) is 5.26 Å². The minimum absolute atomic E-state index is 0.0416. The number of rotatable bonds is 8. The molecule has 0 aliphatic heterocycles. The van der Waals surface area contributed by atoms with Crippen LogP contribution in [0.3, 0.4) is 0 Å². The number of aromatic nitrogens is 4. The first-order valence-corrected chi connectivity index (χ1v) is 8.70. The summed E-state index contributed by atoms with van der Waals surface area (Å²) in [6, 6.07) is 2.13. The predicted molar refractivity (Wildman–Crippen MR) is 95.8 cm³/mol. The van der Waals surface area contributed by atoms with Gasteiger partial charge in [-0.1, -0.05) is 19.0 Å². The summed E-state index contributed by atoms with van der Waals surface area (Å²) in [5.74, 6) is 1.84. The van der Waals surface area contributed by atoms with Gasteiger partial charge in [0.25, 0.3) is 0 Å². The number of nitriles is 1. The van der Waals surface area contributed by atoms with Crippen LogP contribution in [0.25, 0.3) is 0 Å². The van der Waals surface area contributed by atoms with Gasteiger partial charge >= 0.3 is 0 Å². The van der Waals surface area contributed by atoms with Crippen molar-refractivity contribution in [3.05, 3.63) is 23.5 Å². The first kappa shape index (κ1) is 19.0. The highest BCUT2D eigenvalue weighted by Crippen LogP contribution is 2.42. The molecule has 3 N–H and O–H groups in total. The number of ether oxygens (including phenoxy) is 1. The maximum atomic E-state index is 9.89. The lowest BCUT2D eigenvalue weighted by molar-refractivity contribution is -0.0511. The molecular weight excluding hydrogens is 350 g/mol. The fraction of sp³-hybridized carbons (Fsp3) is 0.588. The Balaban J connectivity index is 1.60. The molecule has 10 heteroatoms. The molecule has 0 spiro atoms. The summed E-state index contributed by atoms with van der Waals surface area (Å²) in [5.41, 5.74) is 0.0854. The zero-order valence-electron chi connectivity index (χ0n) is 15.6. The molecule has 1 fully saturated rings. The average Bonchev–Trinajstić information content (AvgIpc) is 3.09. The molecule has 2 atom stereocenters. The smallest absolute Gasteiger partial charge is 0.228 e. The molecular formula is C17H23N7O3. The Bertz CT molecular complexity index is 830. The van der Waals surface area contributed by atoms with Crippen LogP contribution in [0.4, 0.5) is 11.8 Å². The molecule has 1 saturated carbocycles. The highest BCUT2D eigenvalue weighted by molar-refractivity contribution is 5.54. The minimum atomic E-state index is -0.364. The van der Waals surface area contributed by atoms with Crippen molar-refractivity contribution in [3.63, 3.8) is 0 Å². The molecule has 1 aliphatic rings. The monoisotopic (exact) mass is 373 g/mol.